The van der Waals surface area contributed by atoms with Crippen LogP contribution in [0.5, 0.6) is 11.5 Å². The van der Waals surface area contributed by atoms with Crippen molar-refractivity contribution >= 4 is 29.1 Å². The predicted octanol–water partition coefficient (Wildman–Crippen LogP) is 4.56. The molecule has 0 saturated heterocycles. The van der Waals surface area contributed by atoms with Crippen molar-refractivity contribution in [2.24, 2.45) is 10.9 Å². The molecule has 2 aromatic heterocycles. The monoisotopic (exact) mass is 519 g/mol. The van der Waals surface area contributed by atoms with E-state index in [1.54, 1.807) is 30.3 Å². The third-order valence-electron chi connectivity index (χ3n) is 4.98. The van der Waals surface area contributed by atoms with E-state index < -0.39 is 23.5 Å². The fourth-order valence-corrected chi connectivity index (χ4v) is 3.42. The molecule has 2 aromatic carbocycles. The molecule has 4 aromatic rings. The smallest absolute Gasteiger partial charge is 0.433 e. The highest BCUT2D eigenvalue weighted by Crippen LogP contribution is 2.33. The highest BCUT2D eigenvalue weighted by molar-refractivity contribution is 6.31. The number of hydrogen-bond acceptors (Lipinski definition) is 7. The third kappa shape index (κ3) is 5.03. The molecule has 0 amide bonds. The standard InChI is InChI=1S/C23H17ClF3N5O4/c1-34-14-6-3-12(4-7-14)16-10-19(23(25,26)27)32-20(29-16)11-17(30-32)22(33)36-31-21(28)15-9-13(24)5-8-18(15)35-2/h3-11H,1-2H3,(H2,28,31). The van der Waals surface area contributed by atoms with Gasteiger partial charge >= 0.3 is 12.1 Å². The zero-order valence-corrected chi connectivity index (χ0v) is 19.5. The average Bonchev–Trinajstić information content (AvgIpc) is 3.30. The molecule has 4 rings (SSSR count). The second-order valence-electron chi connectivity index (χ2n) is 7.25. The number of amidine groups is 1. The summed E-state index contributed by atoms with van der Waals surface area (Å²) >= 11 is 5.95. The number of carbonyl (C=O) groups excluding carboxylic acids is 1. The first kappa shape index (κ1) is 24.8. The Morgan fingerprint density at radius 1 is 1.06 bits per heavy atom. The molecular weight excluding hydrogens is 503 g/mol. The maximum absolute atomic E-state index is 13.8. The molecule has 0 bridgehead atoms. The zero-order chi connectivity index (χ0) is 26.0. The molecule has 2 N–H and O–H groups in total. The normalized spacial score (nSPS) is 12.0. The summed E-state index contributed by atoms with van der Waals surface area (Å²) in [5.41, 5.74) is 4.72. The number of rotatable bonds is 6. The van der Waals surface area contributed by atoms with Crippen LogP contribution in [0.4, 0.5) is 13.2 Å². The van der Waals surface area contributed by atoms with Gasteiger partial charge in [-0.25, -0.2) is 14.3 Å². The van der Waals surface area contributed by atoms with Crippen molar-refractivity contribution < 1.29 is 32.3 Å². The van der Waals surface area contributed by atoms with Crippen LogP contribution in [0, 0.1) is 0 Å². The zero-order valence-electron chi connectivity index (χ0n) is 18.7. The Kier molecular flexibility index (Phi) is 6.71. The topological polar surface area (TPSA) is 113 Å². The molecule has 9 nitrogen and oxygen atoms in total. The van der Waals surface area contributed by atoms with Gasteiger partial charge in [0.05, 0.1) is 25.5 Å². The number of methoxy groups -OCH3 is 2. The van der Waals surface area contributed by atoms with E-state index in [4.69, 9.17) is 31.6 Å². The molecule has 0 atom stereocenters. The first-order valence-electron chi connectivity index (χ1n) is 10.1. The fraction of sp³-hybridized carbons (Fsp3) is 0.130. The molecule has 0 saturated carbocycles. The van der Waals surface area contributed by atoms with Gasteiger partial charge in [-0.1, -0.05) is 16.8 Å². The Morgan fingerprint density at radius 3 is 2.42 bits per heavy atom. The summed E-state index contributed by atoms with van der Waals surface area (Å²) in [6, 6.07) is 12.7. The summed E-state index contributed by atoms with van der Waals surface area (Å²) < 4.78 is 52.1. The Labute approximate surface area is 206 Å². The maximum atomic E-state index is 13.8. The minimum atomic E-state index is -4.79. The largest absolute Gasteiger partial charge is 0.497 e. The first-order valence-corrected chi connectivity index (χ1v) is 10.5. The molecular formula is C23H17ClF3N5O4. The Bertz CT molecular complexity index is 1470. The Balaban J connectivity index is 1.69. The number of oxime groups is 1. The van der Waals surface area contributed by atoms with E-state index in [0.29, 0.717) is 26.6 Å². The van der Waals surface area contributed by atoms with Crippen molar-refractivity contribution in [2.75, 3.05) is 14.2 Å². The van der Waals surface area contributed by atoms with Crippen LogP contribution in [0.3, 0.4) is 0 Å². The maximum Gasteiger partial charge on any atom is 0.433 e. The molecule has 0 aliphatic rings. The van der Waals surface area contributed by atoms with Gasteiger partial charge in [0.1, 0.15) is 11.5 Å². The molecule has 186 valence electrons. The third-order valence-corrected chi connectivity index (χ3v) is 5.21. The minimum Gasteiger partial charge on any atom is -0.497 e. The highest BCUT2D eigenvalue weighted by Gasteiger charge is 2.36. The second kappa shape index (κ2) is 9.74. The van der Waals surface area contributed by atoms with Crippen molar-refractivity contribution in [2.45, 2.75) is 6.18 Å². The van der Waals surface area contributed by atoms with E-state index in [2.05, 4.69) is 15.2 Å². The van der Waals surface area contributed by atoms with E-state index in [1.165, 1.54) is 26.4 Å². The van der Waals surface area contributed by atoms with E-state index in [-0.39, 0.29) is 22.7 Å². The van der Waals surface area contributed by atoms with Crippen LogP contribution in [0.25, 0.3) is 16.9 Å². The number of nitrogens with two attached hydrogens (primary N) is 1. The van der Waals surface area contributed by atoms with Gasteiger partial charge in [0.15, 0.2) is 22.9 Å². The summed E-state index contributed by atoms with van der Waals surface area (Å²) in [6.45, 7) is 0. The number of carbonyl (C=O) groups is 1. The number of nitrogens with zero attached hydrogens (tertiary/aromatic N) is 4. The summed E-state index contributed by atoms with van der Waals surface area (Å²) in [4.78, 5) is 21.5. The SMILES string of the molecule is COc1ccc(-c2cc(C(F)(F)F)n3nc(C(=O)O/N=C(\N)c4cc(Cl)ccc4OC)cc3n2)cc1. The van der Waals surface area contributed by atoms with Crippen LogP contribution in [-0.4, -0.2) is 40.6 Å². The molecule has 13 heteroatoms. The number of benzene rings is 2. The highest BCUT2D eigenvalue weighted by atomic mass is 35.5. The van der Waals surface area contributed by atoms with Crippen molar-refractivity contribution in [1.82, 2.24) is 14.6 Å². The fourth-order valence-electron chi connectivity index (χ4n) is 3.25. The van der Waals surface area contributed by atoms with Gasteiger partial charge in [-0.2, -0.15) is 18.3 Å². The quantitative estimate of drug-likeness (QED) is 0.172. The first-order chi connectivity index (χ1) is 17.1. The molecule has 0 fully saturated rings. The number of halogens is 4. The molecule has 0 unspecified atom stereocenters. The van der Waals surface area contributed by atoms with Crippen molar-refractivity contribution in [3.63, 3.8) is 0 Å². The number of hydrogen-bond donors (Lipinski definition) is 1. The molecule has 36 heavy (non-hydrogen) atoms. The van der Waals surface area contributed by atoms with E-state index in [9.17, 15) is 18.0 Å². The lowest BCUT2D eigenvalue weighted by Gasteiger charge is -2.11. The predicted molar refractivity (Wildman–Crippen MR) is 124 cm³/mol. The Morgan fingerprint density at radius 2 is 1.78 bits per heavy atom. The van der Waals surface area contributed by atoms with Crippen LogP contribution in [0.2, 0.25) is 5.02 Å². The van der Waals surface area contributed by atoms with Crippen LogP contribution >= 0.6 is 11.6 Å². The van der Waals surface area contributed by atoms with Gasteiger partial charge in [0, 0.05) is 16.7 Å². The van der Waals surface area contributed by atoms with E-state index in [0.717, 1.165) is 12.1 Å². The van der Waals surface area contributed by atoms with Gasteiger partial charge in [-0.05, 0) is 48.5 Å². The molecule has 0 aliphatic carbocycles. The van der Waals surface area contributed by atoms with Crippen molar-refractivity contribution in [1.29, 1.82) is 0 Å². The summed E-state index contributed by atoms with van der Waals surface area (Å²) in [6.07, 6.45) is -4.79. The Hall–Kier alpha value is -4.32. The number of aromatic nitrogens is 3. The van der Waals surface area contributed by atoms with E-state index >= 15 is 0 Å². The lowest BCUT2D eigenvalue weighted by Crippen LogP contribution is -2.17. The molecule has 0 aliphatic heterocycles. The van der Waals surface area contributed by atoms with Gasteiger partial charge in [-0.3, -0.25) is 0 Å². The second-order valence-corrected chi connectivity index (χ2v) is 7.69. The van der Waals surface area contributed by atoms with Crippen LogP contribution in [0.1, 0.15) is 21.7 Å². The van der Waals surface area contributed by atoms with Gasteiger partial charge in [0.2, 0.25) is 0 Å². The van der Waals surface area contributed by atoms with Gasteiger partial charge < -0.3 is 20.0 Å². The minimum absolute atomic E-state index is 0.0209. The summed E-state index contributed by atoms with van der Waals surface area (Å²) in [5, 5.41) is 7.60. The molecule has 0 spiro atoms. The average molecular weight is 520 g/mol. The van der Waals surface area contributed by atoms with Crippen LogP contribution in [-0.2, 0) is 11.0 Å². The molecule has 2 heterocycles. The van der Waals surface area contributed by atoms with Crippen molar-refractivity contribution in [3.8, 4) is 22.8 Å². The number of fused-ring (bicyclic) bond motifs is 1. The lowest BCUT2D eigenvalue weighted by atomic mass is 10.1. The molecule has 0 radical (unpaired) electrons. The number of alkyl halides is 3. The van der Waals surface area contributed by atoms with E-state index in [1.807, 2.05) is 0 Å². The van der Waals surface area contributed by atoms with Crippen molar-refractivity contribution in [3.05, 3.63) is 76.6 Å². The summed E-state index contributed by atoms with van der Waals surface area (Å²) in [5.74, 6) is -0.555. The summed E-state index contributed by atoms with van der Waals surface area (Å²) in [7, 11) is 2.87. The van der Waals surface area contributed by atoms with Gasteiger partial charge in [-0.15, -0.1) is 0 Å². The van der Waals surface area contributed by atoms with Crippen LogP contribution < -0.4 is 15.2 Å². The number of ether oxygens (including phenoxy) is 2. The lowest BCUT2D eigenvalue weighted by molar-refractivity contribution is -0.142. The van der Waals surface area contributed by atoms with Crippen LogP contribution in [0.15, 0.2) is 59.8 Å². The van der Waals surface area contributed by atoms with Gasteiger partial charge in [0.25, 0.3) is 0 Å².